The van der Waals surface area contributed by atoms with Gasteiger partial charge < -0.3 is 15.2 Å². The Hall–Kier alpha value is -2.02. The number of aromatic nitrogens is 2. The number of carbonyl (C=O) groups is 2. The van der Waals surface area contributed by atoms with Crippen molar-refractivity contribution in [2.24, 2.45) is 7.05 Å². The van der Waals surface area contributed by atoms with Crippen LogP contribution in [-0.4, -0.2) is 39.7 Å². The fourth-order valence-corrected chi connectivity index (χ4v) is 2.80. The molecule has 0 aliphatic carbocycles. The summed E-state index contributed by atoms with van der Waals surface area (Å²) < 4.78 is 1.96. The molecular formula is C15H20N4O2S. The predicted molar refractivity (Wildman–Crippen MR) is 87.7 cm³/mol. The summed E-state index contributed by atoms with van der Waals surface area (Å²) in [4.78, 5) is 27.7. The first kappa shape index (κ1) is 16.4. The minimum atomic E-state index is -0.184. The Kier molecular flexibility index (Phi) is 5.43. The van der Waals surface area contributed by atoms with E-state index in [1.54, 1.807) is 0 Å². The molecular weight excluding hydrogens is 300 g/mol. The van der Waals surface area contributed by atoms with Crippen molar-refractivity contribution in [3.05, 3.63) is 24.3 Å². The van der Waals surface area contributed by atoms with Crippen molar-refractivity contribution < 1.29 is 9.59 Å². The molecule has 0 aliphatic heterocycles. The average Bonchev–Trinajstić information content (AvgIpc) is 2.79. The third-order valence-corrected chi connectivity index (χ3v) is 4.00. The van der Waals surface area contributed by atoms with Gasteiger partial charge in [0.1, 0.15) is 0 Å². The lowest BCUT2D eigenvalue weighted by Crippen LogP contribution is -2.40. The van der Waals surface area contributed by atoms with Gasteiger partial charge in [0, 0.05) is 13.1 Å². The lowest BCUT2D eigenvalue weighted by molar-refractivity contribution is -0.125. The Morgan fingerprint density at radius 1 is 1.27 bits per heavy atom. The van der Waals surface area contributed by atoms with E-state index in [2.05, 4.69) is 15.6 Å². The van der Waals surface area contributed by atoms with Crippen LogP contribution in [0.15, 0.2) is 29.4 Å². The number of hydrogen-bond donors (Lipinski definition) is 2. The standard InChI is InChI=1S/C15H20N4O2S/c1-10(2)17-13(20)8-16-14(21)9-22-15-18-11-6-4-5-7-12(11)19(15)3/h4-7,10H,8-9H2,1-3H3,(H,16,21)(H,17,20). The van der Waals surface area contributed by atoms with Gasteiger partial charge in [-0.15, -0.1) is 0 Å². The molecule has 118 valence electrons. The van der Waals surface area contributed by atoms with Crippen LogP contribution in [0.3, 0.4) is 0 Å². The summed E-state index contributed by atoms with van der Waals surface area (Å²) in [5.41, 5.74) is 1.94. The van der Waals surface area contributed by atoms with Crippen LogP contribution in [-0.2, 0) is 16.6 Å². The van der Waals surface area contributed by atoms with Crippen LogP contribution in [0.4, 0.5) is 0 Å². The van der Waals surface area contributed by atoms with Gasteiger partial charge in [0.2, 0.25) is 11.8 Å². The molecule has 0 saturated heterocycles. The average molecular weight is 320 g/mol. The van der Waals surface area contributed by atoms with E-state index in [-0.39, 0.29) is 30.2 Å². The molecule has 0 fully saturated rings. The number of carbonyl (C=O) groups excluding carboxylic acids is 2. The highest BCUT2D eigenvalue weighted by molar-refractivity contribution is 7.99. The van der Waals surface area contributed by atoms with Crippen molar-refractivity contribution in [3.8, 4) is 0 Å². The van der Waals surface area contributed by atoms with Crippen LogP contribution < -0.4 is 10.6 Å². The molecule has 2 amide bonds. The molecule has 2 aromatic rings. The minimum absolute atomic E-state index is 0.000113. The Morgan fingerprint density at radius 2 is 2.00 bits per heavy atom. The molecule has 2 rings (SSSR count). The van der Waals surface area contributed by atoms with Crippen molar-refractivity contribution in [1.82, 2.24) is 20.2 Å². The summed E-state index contributed by atoms with van der Waals surface area (Å²) in [5.74, 6) is -0.140. The van der Waals surface area contributed by atoms with E-state index in [0.29, 0.717) is 0 Å². The lowest BCUT2D eigenvalue weighted by Gasteiger charge is -2.09. The van der Waals surface area contributed by atoms with Crippen molar-refractivity contribution in [3.63, 3.8) is 0 Å². The van der Waals surface area contributed by atoms with Crippen LogP contribution in [0.2, 0.25) is 0 Å². The summed E-state index contributed by atoms with van der Waals surface area (Å²) in [7, 11) is 1.92. The summed E-state index contributed by atoms with van der Waals surface area (Å²) in [6.07, 6.45) is 0. The monoisotopic (exact) mass is 320 g/mol. The topological polar surface area (TPSA) is 76.0 Å². The highest BCUT2D eigenvalue weighted by atomic mass is 32.2. The molecule has 0 atom stereocenters. The number of nitrogens with one attached hydrogen (secondary N) is 2. The fourth-order valence-electron chi connectivity index (χ4n) is 1.99. The van der Waals surface area contributed by atoms with Crippen LogP contribution in [0.5, 0.6) is 0 Å². The minimum Gasteiger partial charge on any atom is -0.352 e. The van der Waals surface area contributed by atoms with E-state index in [0.717, 1.165) is 16.2 Å². The molecule has 6 nitrogen and oxygen atoms in total. The second-order valence-electron chi connectivity index (χ2n) is 5.23. The molecule has 0 bridgehead atoms. The molecule has 2 N–H and O–H groups in total. The molecule has 0 aliphatic rings. The van der Waals surface area contributed by atoms with Gasteiger partial charge in [-0.25, -0.2) is 4.98 Å². The van der Waals surface area contributed by atoms with Crippen molar-refractivity contribution in [2.45, 2.75) is 25.0 Å². The Balaban J connectivity index is 1.85. The zero-order valence-corrected chi connectivity index (χ0v) is 13.7. The van der Waals surface area contributed by atoms with Gasteiger partial charge in [-0.1, -0.05) is 23.9 Å². The van der Waals surface area contributed by atoms with Crippen LogP contribution in [0.25, 0.3) is 11.0 Å². The first-order chi connectivity index (χ1) is 10.5. The quantitative estimate of drug-likeness (QED) is 0.787. The van der Waals surface area contributed by atoms with Crippen molar-refractivity contribution in [1.29, 1.82) is 0 Å². The summed E-state index contributed by atoms with van der Waals surface area (Å²) in [5, 5.41) is 6.10. The molecule has 0 radical (unpaired) electrons. The third-order valence-electron chi connectivity index (χ3n) is 2.97. The van der Waals surface area contributed by atoms with Gasteiger partial charge >= 0.3 is 0 Å². The van der Waals surface area contributed by atoms with E-state index in [1.165, 1.54) is 11.8 Å². The zero-order chi connectivity index (χ0) is 16.1. The second kappa shape index (κ2) is 7.31. The van der Waals surface area contributed by atoms with Crippen molar-refractivity contribution in [2.75, 3.05) is 12.3 Å². The number of benzene rings is 1. The lowest BCUT2D eigenvalue weighted by atomic mass is 10.3. The molecule has 1 heterocycles. The normalized spacial score (nSPS) is 10.9. The number of rotatable bonds is 6. The van der Waals surface area contributed by atoms with Gasteiger partial charge in [-0.2, -0.15) is 0 Å². The SMILES string of the molecule is CC(C)NC(=O)CNC(=O)CSc1nc2ccccc2n1C. The van der Waals surface area contributed by atoms with E-state index in [1.807, 2.05) is 49.7 Å². The Labute approximate surface area is 133 Å². The maximum Gasteiger partial charge on any atom is 0.239 e. The highest BCUT2D eigenvalue weighted by Crippen LogP contribution is 2.22. The number of para-hydroxylation sites is 2. The van der Waals surface area contributed by atoms with Crippen LogP contribution in [0.1, 0.15) is 13.8 Å². The van der Waals surface area contributed by atoms with Gasteiger partial charge in [0.25, 0.3) is 0 Å². The third kappa shape index (κ3) is 4.24. The number of thioether (sulfide) groups is 1. The van der Waals surface area contributed by atoms with Gasteiger partial charge in [-0.3, -0.25) is 9.59 Å². The van der Waals surface area contributed by atoms with Gasteiger partial charge in [0.05, 0.1) is 23.3 Å². The number of hydrogen-bond acceptors (Lipinski definition) is 4. The van der Waals surface area contributed by atoms with Crippen LogP contribution >= 0.6 is 11.8 Å². The molecule has 0 saturated carbocycles. The Bertz CT molecular complexity index is 681. The van der Waals surface area contributed by atoms with E-state index >= 15 is 0 Å². The zero-order valence-electron chi connectivity index (χ0n) is 12.9. The number of nitrogens with zero attached hydrogens (tertiary/aromatic N) is 2. The summed E-state index contributed by atoms with van der Waals surface area (Å²) in [6, 6.07) is 7.89. The van der Waals surface area contributed by atoms with Gasteiger partial charge in [-0.05, 0) is 26.0 Å². The molecule has 0 unspecified atom stereocenters. The first-order valence-corrected chi connectivity index (χ1v) is 8.06. The summed E-state index contributed by atoms with van der Waals surface area (Å²) >= 11 is 1.35. The molecule has 0 spiro atoms. The highest BCUT2D eigenvalue weighted by Gasteiger charge is 2.11. The molecule has 1 aromatic heterocycles. The van der Waals surface area contributed by atoms with Crippen LogP contribution in [0, 0.1) is 0 Å². The smallest absolute Gasteiger partial charge is 0.239 e. The number of fused-ring (bicyclic) bond motifs is 1. The Morgan fingerprint density at radius 3 is 2.68 bits per heavy atom. The van der Waals surface area contributed by atoms with Crippen molar-refractivity contribution >= 4 is 34.6 Å². The van der Waals surface area contributed by atoms with E-state index in [4.69, 9.17) is 0 Å². The number of amides is 2. The maximum absolute atomic E-state index is 11.8. The fraction of sp³-hybridized carbons (Fsp3) is 0.400. The molecule has 1 aromatic carbocycles. The second-order valence-corrected chi connectivity index (χ2v) is 6.17. The molecule has 7 heteroatoms. The van der Waals surface area contributed by atoms with Gasteiger partial charge in [0.15, 0.2) is 5.16 Å². The van der Waals surface area contributed by atoms with E-state index in [9.17, 15) is 9.59 Å². The molecule has 22 heavy (non-hydrogen) atoms. The number of aryl methyl sites for hydroxylation is 1. The first-order valence-electron chi connectivity index (χ1n) is 7.07. The predicted octanol–water partition coefficient (Wildman–Crippen LogP) is 1.31. The van der Waals surface area contributed by atoms with E-state index < -0.39 is 0 Å². The summed E-state index contributed by atoms with van der Waals surface area (Å²) in [6.45, 7) is 3.75. The maximum atomic E-state index is 11.8. The number of imidazole rings is 1. The largest absolute Gasteiger partial charge is 0.352 e.